The molecule has 16 heavy (non-hydrogen) atoms. The van der Waals surface area contributed by atoms with Crippen LogP contribution in [0.5, 0.6) is 0 Å². The van der Waals surface area contributed by atoms with E-state index in [0.29, 0.717) is 0 Å². The molecule has 0 heterocycles. The molecule has 0 fully saturated rings. The maximum atomic E-state index is 5.21. The first-order valence-corrected chi connectivity index (χ1v) is 6.02. The van der Waals surface area contributed by atoms with Gasteiger partial charge in [-0.3, -0.25) is 0 Å². The van der Waals surface area contributed by atoms with Crippen molar-refractivity contribution in [3.63, 3.8) is 0 Å². The second kappa shape index (κ2) is 7.89. The number of hydrogen-bond acceptors (Lipinski definition) is 1. The first-order chi connectivity index (χ1) is 7.88. The highest BCUT2D eigenvalue weighted by Gasteiger charge is 1.85. The molecule has 0 unspecified atom stereocenters. The third kappa shape index (κ3) is 4.45. The van der Waals surface area contributed by atoms with Crippen molar-refractivity contribution < 1.29 is 0 Å². The number of rotatable bonds is 3. The predicted molar refractivity (Wildman–Crippen MR) is 72.5 cm³/mol. The van der Waals surface area contributed by atoms with E-state index in [1.54, 1.807) is 0 Å². The lowest BCUT2D eigenvalue weighted by Gasteiger charge is -1.92. The van der Waals surface area contributed by atoms with E-state index in [2.05, 4.69) is 55.5 Å². The van der Waals surface area contributed by atoms with Crippen LogP contribution in [0, 0.1) is 0 Å². The van der Waals surface area contributed by atoms with Crippen LogP contribution in [-0.2, 0) is 0 Å². The van der Waals surface area contributed by atoms with E-state index >= 15 is 0 Å². The Bertz CT molecular complexity index is 326. The zero-order valence-corrected chi connectivity index (χ0v) is 10.0. The van der Waals surface area contributed by atoms with E-state index < -0.39 is 0 Å². The first-order valence-electron chi connectivity index (χ1n) is 6.02. The van der Waals surface area contributed by atoms with Gasteiger partial charge in [0.1, 0.15) is 0 Å². The Morgan fingerprint density at radius 3 is 1.50 bits per heavy atom. The molecule has 0 aliphatic carbocycles. The normalized spacial score (nSPS) is 9.62. The lowest BCUT2D eigenvalue weighted by atomic mass is 10.1. The van der Waals surface area contributed by atoms with Gasteiger partial charge < -0.3 is 5.73 Å². The summed E-state index contributed by atoms with van der Waals surface area (Å²) in [6.07, 6.45) is 3.75. The standard InChI is InChI=1S/C10H8.C5H13N/c1-2-6-10-8-4-3-7-9(10)5-1;1-2-3-4-5-6/h1-8H;2-6H2,1H3. The minimum Gasteiger partial charge on any atom is -0.330 e. The van der Waals surface area contributed by atoms with Crippen LogP contribution in [0.1, 0.15) is 26.2 Å². The van der Waals surface area contributed by atoms with E-state index in [0.717, 1.165) is 6.54 Å². The fourth-order valence-corrected chi connectivity index (χ4v) is 1.53. The van der Waals surface area contributed by atoms with Gasteiger partial charge in [0.05, 0.1) is 0 Å². The van der Waals surface area contributed by atoms with E-state index in [9.17, 15) is 0 Å². The van der Waals surface area contributed by atoms with Crippen LogP contribution in [-0.4, -0.2) is 6.54 Å². The summed E-state index contributed by atoms with van der Waals surface area (Å²) < 4.78 is 0. The zero-order valence-electron chi connectivity index (χ0n) is 10.0. The average Bonchev–Trinajstić information content (AvgIpc) is 2.37. The van der Waals surface area contributed by atoms with Gasteiger partial charge in [-0.05, 0) is 23.7 Å². The molecule has 0 atom stereocenters. The summed E-state index contributed by atoms with van der Waals surface area (Å²) in [6.45, 7) is 3.03. The summed E-state index contributed by atoms with van der Waals surface area (Å²) in [6, 6.07) is 16.7. The van der Waals surface area contributed by atoms with Crippen molar-refractivity contribution in [2.75, 3.05) is 6.54 Å². The van der Waals surface area contributed by atoms with Gasteiger partial charge in [-0.2, -0.15) is 0 Å². The van der Waals surface area contributed by atoms with Gasteiger partial charge in [0, 0.05) is 0 Å². The Hall–Kier alpha value is -1.34. The third-order valence-electron chi connectivity index (χ3n) is 2.47. The second-order valence-electron chi connectivity index (χ2n) is 3.84. The van der Waals surface area contributed by atoms with Gasteiger partial charge in [-0.1, -0.05) is 68.3 Å². The largest absolute Gasteiger partial charge is 0.330 e. The van der Waals surface area contributed by atoms with Gasteiger partial charge in [0.2, 0.25) is 0 Å². The monoisotopic (exact) mass is 215 g/mol. The van der Waals surface area contributed by atoms with Gasteiger partial charge in [0.15, 0.2) is 0 Å². The molecule has 0 radical (unpaired) electrons. The molecule has 0 aliphatic rings. The average molecular weight is 215 g/mol. The molecule has 0 bridgehead atoms. The Morgan fingerprint density at radius 2 is 1.25 bits per heavy atom. The number of nitrogens with two attached hydrogens (primary N) is 1. The molecular formula is C15H21N. The molecule has 2 rings (SSSR count). The molecule has 0 aliphatic heterocycles. The quantitative estimate of drug-likeness (QED) is 0.770. The van der Waals surface area contributed by atoms with E-state index in [1.807, 2.05) is 0 Å². The van der Waals surface area contributed by atoms with Crippen LogP contribution in [0.4, 0.5) is 0 Å². The SMILES string of the molecule is CCCCCN.c1ccc2ccccc2c1. The Kier molecular flexibility index (Phi) is 6.28. The molecule has 0 amide bonds. The van der Waals surface area contributed by atoms with E-state index in [1.165, 1.54) is 30.0 Å². The Morgan fingerprint density at radius 1 is 0.812 bits per heavy atom. The first kappa shape index (κ1) is 12.7. The summed E-state index contributed by atoms with van der Waals surface area (Å²) >= 11 is 0. The second-order valence-corrected chi connectivity index (χ2v) is 3.84. The molecule has 86 valence electrons. The number of fused-ring (bicyclic) bond motifs is 1. The van der Waals surface area contributed by atoms with Crippen molar-refractivity contribution in [2.24, 2.45) is 5.73 Å². The summed E-state index contributed by atoms with van der Waals surface area (Å²) in [5.74, 6) is 0. The molecule has 2 aromatic rings. The summed E-state index contributed by atoms with van der Waals surface area (Å²) in [5.41, 5.74) is 5.21. The fourth-order valence-electron chi connectivity index (χ4n) is 1.53. The number of unbranched alkanes of at least 4 members (excludes halogenated alkanes) is 2. The molecule has 1 heteroatoms. The van der Waals surface area contributed by atoms with Crippen LogP contribution >= 0.6 is 0 Å². The van der Waals surface area contributed by atoms with Crippen molar-refractivity contribution in [3.05, 3.63) is 48.5 Å². The fraction of sp³-hybridized carbons (Fsp3) is 0.333. The zero-order chi connectivity index (χ0) is 11.6. The smallest absolute Gasteiger partial charge is 0.00773 e. The molecule has 0 saturated carbocycles. The van der Waals surface area contributed by atoms with Gasteiger partial charge >= 0.3 is 0 Å². The molecule has 0 saturated heterocycles. The minimum atomic E-state index is 0.855. The van der Waals surface area contributed by atoms with Crippen molar-refractivity contribution in [3.8, 4) is 0 Å². The lowest BCUT2D eigenvalue weighted by Crippen LogP contribution is -1.96. The summed E-state index contributed by atoms with van der Waals surface area (Å²) in [4.78, 5) is 0. The highest BCUT2D eigenvalue weighted by molar-refractivity contribution is 5.81. The van der Waals surface area contributed by atoms with Crippen molar-refractivity contribution >= 4 is 10.8 Å². The molecule has 1 nitrogen and oxygen atoms in total. The maximum Gasteiger partial charge on any atom is -0.00773 e. The molecule has 2 aromatic carbocycles. The minimum absolute atomic E-state index is 0.855. The van der Waals surface area contributed by atoms with Gasteiger partial charge in [0.25, 0.3) is 0 Å². The van der Waals surface area contributed by atoms with Gasteiger partial charge in [-0.15, -0.1) is 0 Å². The van der Waals surface area contributed by atoms with Crippen molar-refractivity contribution in [1.29, 1.82) is 0 Å². The molecule has 2 N–H and O–H groups in total. The van der Waals surface area contributed by atoms with Crippen LogP contribution in [0.2, 0.25) is 0 Å². The number of benzene rings is 2. The topological polar surface area (TPSA) is 26.0 Å². The molecule has 0 spiro atoms. The van der Waals surface area contributed by atoms with Crippen molar-refractivity contribution in [2.45, 2.75) is 26.2 Å². The van der Waals surface area contributed by atoms with Crippen LogP contribution in [0.25, 0.3) is 10.8 Å². The summed E-state index contributed by atoms with van der Waals surface area (Å²) in [7, 11) is 0. The highest BCUT2D eigenvalue weighted by atomic mass is 14.5. The van der Waals surface area contributed by atoms with Crippen molar-refractivity contribution in [1.82, 2.24) is 0 Å². The third-order valence-corrected chi connectivity index (χ3v) is 2.47. The lowest BCUT2D eigenvalue weighted by molar-refractivity contribution is 0.727. The van der Waals surface area contributed by atoms with Crippen LogP contribution in [0.3, 0.4) is 0 Å². The Balaban J connectivity index is 0.000000187. The van der Waals surface area contributed by atoms with Crippen LogP contribution in [0.15, 0.2) is 48.5 Å². The molecular weight excluding hydrogens is 194 g/mol. The Labute approximate surface area is 98.3 Å². The highest BCUT2D eigenvalue weighted by Crippen LogP contribution is 2.11. The number of hydrogen-bond donors (Lipinski definition) is 1. The van der Waals surface area contributed by atoms with E-state index in [4.69, 9.17) is 5.73 Å². The predicted octanol–water partition coefficient (Wildman–Crippen LogP) is 3.98. The van der Waals surface area contributed by atoms with Crippen LogP contribution < -0.4 is 5.73 Å². The molecule has 0 aromatic heterocycles. The van der Waals surface area contributed by atoms with Gasteiger partial charge in [-0.25, -0.2) is 0 Å². The van der Waals surface area contributed by atoms with E-state index in [-0.39, 0.29) is 0 Å². The maximum absolute atomic E-state index is 5.21. The summed E-state index contributed by atoms with van der Waals surface area (Å²) in [5, 5.41) is 2.62.